The van der Waals surface area contributed by atoms with E-state index in [9.17, 15) is 4.79 Å². The van der Waals surface area contributed by atoms with Crippen molar-refractivity contribution >= 4 is 5.97 Å². The number of hydrogen-bond donors (Lipinski definition) is 2. The van der Waals surface area contributed by atoms with Gasteiger partial charge >= 0.3 is 5.97 Å². The Morgan fingerprint density at radius 3 is 2.67 bits per heavy atom. The Balaban J connectivity index is 3.63. The summed E-state index contributed by atoms with van der Waals surface area (Å²) in [6.45, 7) is 5.85. The number of nitrogens with two attached hydrogens (primary N) is 2. The van der Waals surface area contributed by atoms with Crippen LogP contribution in [-0.2, 0) is 9.53 Å². The number of carbonyl (C=O) groups is 1. The van der Waals surface area contributed by atoms with Gasteiger partial charge in [-0.1, -0.05) is 19.4 Å². The second-order valence-corrected chi connectivity index (χ2v) is 3.65. The van der Waals surface area contributed by atoms with Crippen LogP contribution < -0.4 is 11.5 Å². The standard InChI is InChI=1S/C11H22N2O2/c1-3-11(14)15-9(2)10(13)7-5-4-6-8-12/h3,9-10H,1,4-8,12-13H2,2H3. The van der Waals surface area contributed by atoms with Crippen LogP contribution in [0.15, 0.2) is 12.7 Å². The van der Waals surface area contributed by atoms with Gasteiger partial charge in [0.05, 0.1) is 0 Å². The highest BCUT2D eigenvalue weighted by atomic mass is 16.5. The lowest BCUT2D eigenvalue weighted by Gasteiger charge is -2.19. The fourth-order valence-corrected chi connectivity index (χ4v) is 1.25. The molecule has 0 aliphatic carbocycles. The van der Waals surface area contributed by atoms with E-state index in [1.54, 1.807) is 6.92 Å². The maximum Gasteiger partial charge on any atom is 0.330 e. The van der Waals surface area contributed by atoms with Crippen LogP contribution in [0.4, 0.5) is 0 Å². The molecule has 0 saturated heterocycles. The van der Waals surface area contributed by atoms with Crippen LogP contribution in [0.5, 0.6) is 0 Å². The molecule has 0 heterocycles. The molecule has 0 bridgehead atoms. The van der Waals surface area contributed by atoms with Gasteiger partial charge in [0.15, 0.2) is 0 Å². The number of ether oxygens (including phenoxy) is 1. The van der Waals surface area contributed by atoms with Gasteiger partial charge in [0.25, 0.3) is 0 Å². The second kappa shape index (κ2) is 8.44. The smallest absolute Gasteiger partial charge is 0.330 e. The Bertz CT molecular complexity index is 195. The average molecular weight is 214 g/mol. The number of carbonyl (C=O) groups excluding carboxylic acids is 1. The molecule has 2 atom stereocenters. The molecule has 88 valence electrons. The van der Waals surface area contributed by atoms with E-state index in [2.05, 4.69) is 6.58 Å². The summed E-state index contributed by atoms with van der Waals surface area (Å²) < 4.78 is 5.01. The minimum atomic E-state index is -0.417. The van der Waals surface area contributed by atoms with Gasteiger partial charge in [-0.3, -0.25) is 0 Å². The van der Waals surface area contributed by atoms with Crippen molar-refractivity contribution in [3.8, 4) is 0 Å². The molecule has 0 aromatic rings. The highest BCUT2D eigenvalue weighted by molar-refractivity contribution is 5.81. The van der Waals surface area contributed by atoms with Crippen LogP contribution in [-0.4, -0.2) is 24.7 Å². The van der Waals surface area contributed by atoms with E-state index in [0.29, 0.717) is 0 Å². The Morgan fingerprint density at radius 1 is 1.47 bits per heavy atom. The van der Waals surface area contributed by atoms with E-state index >= 15 is 0 Å². The predicted octanol–water partition coefficient (Wildman–Crippen LogP) is 0.950. The minimum Gasteiger partial charge on any atom is -0.458 e. The highest BCUT2D eigenvalue weighted by Crippen LogP contribution is 2.07. The predicted molar refractivity (Wildman–Crippen MR) is 61.2 cm³/mol. The van der Waals surface area contributed by atoms with Crippen LogP contribution in [0.3, 0.4) is 0 Å². The lowest BCUT2D eigenvalue weighted by Crippen LogP contribution is -2.35. The summed E-state index contributed by atoms with van der Waals surface area (Å²) in [5.74, 6) is -0.417. The summed E-state index contributed by atoms with van der Waals surface area (Å²) in [5.41, 5.74) is 11.2. The monoisotopic (exact) mass is 214 g/mol. The van der Waals surface area contributed by atoms with E-state index in [0.717, 1.165) is 38.3 Å². The molecule has 4 heteroatoms. The van der Waals surface area contributed by atoms with Crippen molar-refractivity contribution in [2.24, 2.45) is 11.5 Å². The quantitative estimate of drug-likeness (QED) is 0.358. The summed E-state index contributed by atoms with van der Waals surface area (Å²) in [7, 11) is 0. The molecule has 0 spiro atoms. The molecule has 0 saturated carbocycles. The summed E-state index contributed by atoms with van der Waals surface area (Å²) in [6, 6.07) is -0.105. The second-order valence-electron chi connectivity index (χ2n) is 3.65. The maximum atomic E-state index is 10.9. The van der Waals surface area contributed by atoms with E-state index < -0.39 is 5.97 Å². The molecule has 0 rings (SSSR count). The van der Waals surface area contributed by atoms with Crippen LogP contribution in [0.2, 0.25) is 0 Å². The molecule has 0 radical (unpaired) electrons. The Morgan fingerprint density at radius 2 is 2.13 bits per heavy atom. The molecule has 2 unspecified atom stereocenters. The summed E-state index contributed by atoms with van der Waals surface area (Å²) in [5, 5.41) is 0. The van der Waals surface area contributed by atoms with Crippen LogP contribution in [0.25, 0.3) is 0 Å². The van der Waals surface area contributed by atoms with Gasteiger partial charge in [0, 0.05) is 12.1 Å². The van der Waals surface area contributed by atoms with Gasteiger partial charge in [0.2, 0.25) is 0 Å². The van der Waals surface area contributed by atoms with E-state index in [4.69, 9.17) is 16.2 Å². The minimum absolute atomic E-state index is 0.105. The van der Waals surface area contributed by atoms with Gasteiger partial charge < -0.3 is 16.2 Å². The maximum absolute atomic E-state index is 10.9. The molecule has 4 nitrogen and oxygen atoms in total. The molecule has 0 aliphatic rings. The number of rotatable bonds is 8. The summed E-state index contributed by atoms with van der Waals surface area (Å²) in [6.07, 6.45) is 4.87. The third-order valence-corrected chi connectivity index (χ3v) is 2.31. The molecule has 0 aromatic carbocycles. The van der Waals surface area contributed by atoms with Crippen molar-refractivity contribution in [3.63, 3.8) is 0 Å². The fraction of sp³-hybridized carbons (Fsp3) is 0.727. The van der Waals surface area contributed by atoms with Gasteiger partial charge in [-0.25, -0.2) is 4.79 Å². The van der Waals surface area contributed by atoms with Crippen LogP contribution in [0.1, 0.15) is 32.6 Å². The molecular formula is C11H22N2O2. The third kappa shape index (κ3) is 7.11. The molecule has 15 heavy (non-hydrogen) atoms. The molecule has 0 aromatic heterocycles. The lowest BCUT2D eigenvalue weighted by molar-refractivity contribution is -0.143. The molecule has 4 N–H and O–H groups in total. The molecular weight excluding hydrogens is 192 g/mol. The first-order chi connectivity index (χ1) is 7.11. The van der Waals surface area contributed by atoms with Gasteiger partial charge in [-0.05, 0) is 26.3 Å². The number of unbranched alkanes of at least 4 members (excludes halogenated alkanes) is 2. The van der Waals surface area contributed by atoms with Gasteiger partial charge in [-0.2, -0.15) is 0 Å². The highest BCUT2D eigenvalue weighted by Gasteiger charge is 2.15. The SMILES string of the molecule is C=CC(=O)OC(C)C(N)CCCCCN. The van der Waals surface area contributed by atoms with Crippen LogP contribution >= 0.6 is 0 Å². The van der Waals surface area contributed by atoms with Crippen molar-refractivity contribution < 1.29 is 9.53 Å². The van der Waals surface area contributed by atoms with E-state index in [-0.39, 0.29) is 12.1 Å². The first-order valence-corrected chi connectivity index (χ1v) is 5.40. The average Bonchev–Trinajstić information content (AvgIpc) is 2.23. The largest absolute Gasteiger partial charge is 0.458 e. The topological polar surface area (TPSA) is 78.3 Å². The van der Waals surface area contributed by atoms with E-state index in [1.165, 1.54) is 0 Å². The zero-order chi connectivity index (χ0) is 11.7. The van der Waals surface area contributed by atoms with Crippen molar-refractivity contribution in [2.45, 2.75) is 44.8 Å². The third-order valence-electron chi connectivity index (χ3n) is 2.31. The Hall–Kier alpha value is -0.870. The molecule has 0 aliphatic heterocycles. The molecule has 0 fully saturated rings. The molecule has 0 amide bonds. The zero-order valence-corrected chi connectivity index (χ0v) is 9.45. The van der Waals surface area contributed by atoms with E-state index in [1.807, 2.05) is 0 Å². The Kier molecular flexibility index (Phi) is 7.95. The zero-order valence-electron chi connectivity index (χ0n) is 9.45. The van der Waals surface area contributed by atoms with Gasteiger partial charge in [0.1, 0.15) is 6.10 Å². The lowest BCUT2D eigenvalue weighted by atomic mass is 10.1. The van der Waals surface area contributed by atoms with Crippen LogP contribution in [0, 0.1) is 0 Å². The number of esters is 1. The van der Waals surface area contributed by atoms with Gasteiger partial charge in [-0.15, -0.1) is 0 Å². The summed E-state index contributed by atoms with van der Waals surface area (Å²) in [4.78, 5) is 10.9. The normalized spacial score (nSPS) is 14.3. The van der Waals surface area contributed by atoms with Crippen molar-refractivity contribution in [1.82, 2.24) is 0 Å². The van der Waals surface area contributed by atoms with Crippen molar-refractivity contribution in [1.29, 1.82) is 0 Å². The van der Waals surface area contributed by atoms with Crippen molar-refractivity contribution in [3.05, 3.63) is 12.7 Å². The Labute approximate surface area is 91.7 Å². The first-order valence-electron chi connectivity index (χ1n) is 5.40. The summed E-state index contributed by atoms with van der Waals surface area (Å²) >= 11 is 0. The fourth-order valence-electron chi connectivity index (χ4n) is 1.25. The first kappa shape index (κ1) is 14.1. The number of hydrogen-bond acceptors (Lipinski definition) is 4. The van der Waals surface area contributed by atoms with Crippen molar-refractivity contribution in [2.75, 3.05) is 6.54 Å².